The Morgan fingerprint density at radius 3 is 2.84 bits per heavy atom. The molecule has 0 spiro atoms. The standard InChI is InChI=1S/C13H21N3O2S/c14-15-12(17)4-1-7-16-8-5-13(18,6-9-16)11-3-2-10-19-11/h2-3,10,18H,1,4-9,14H2,(H,15,17). The fraction of sp³-hybridized carbons (Fsp3) is 0.615. The van der Waals surface area contributed by atoms with Gasteiger partial charge in [0.05, 0.1) is 0 Å². The van der Waals surface area contributed by atoms with Crippen molar-refractivity contribution in [3.05, 3.63) is 22.4 Å². The third-order valence-corrected chi connectivity index (χ3v) is 4.77. The summed E-state index contributed by atoms with van der Waals surface area (Å²) in [6.07, 6.45) is 2.79. The van der Waals surface area contributed by atoms with Gasteiger partial charge in [-0.2, -0.15) is 0 Å². The predicted octanol–water partition coefficient (Wildman–Crippen LogP) is 0.802. The molecule has 0 aromatic carbocycles. The second-order valence-electron chi connectivity index (χ2n) is 5.02. The molecule has 1 aliphatic heterocycles. The van der Waals surface area contributed by atoms with Crippen LogP contribution in [-0.2, 0) is 10.4 Å². The number of nitrogens with one attached hydrogen (secondary N) is 1. The van der Waals surface area contributed by atoms with E-state index in [0.717, 1.165) is 43.8 Å². The molecule has 6 heteroatoms. The first-order valence-corrected chi connectivity index (χ1v) is 7.50. The number of thiophene rings is 1. The third kappa shape index (κ3) is 3.76. The van der Waals surface area contributed by atoms with Crippen LogP contribution in [0.25, 0.3) is 0 Å². The summed E-state index contributed by atoms with van der Waals surface area (Å²) >= 11 is 1.62. The van der Waals surface area contributed by atoms with E-state index in [1.807, 2.05) is 17.5 Å². The number of likely N-dealkylation sites (tertiary alicyclic amines) is 1. The molecule has 4 N–H and O–H groups in total. The molecule has 1 fully saturated rings. The van der Waals surface area contributed by atoms with Gasteiger partial charge in [0.2, 0.25) is 5.91 Å². The normalized spacial score (nSPS) is 19.3. The molecule has 0 radical (unpaired) electrons. The van der Waals surface area contributed by atoms with E-state index in [4.69, 9.17) is 5.84 Å². The van der Waals surface area contributed by atoms with Crippen molar-refractivity contribution in [2.24, 2.45) is 5.84 Å². The van der Waals surface area contributed by atoms with Crippen LogP contribution in [0.15, 0.2) is 17.5 Å². The second-order valence-corrected chi connectivity index (χ2v) is 5.97. The molecule has 0 atom stereocenters. The van der Waals surface area contributed by atoms with Gasteiger partial charge in [0, 0.05) is 24.4 Å². The minimum atomic E-state index is -0.653. The number of hydrazine groups is 1. The zero-order valence-corrected chi connectivity index (χ0v) is 11.8. The Hall–Kier alpha value is -0.950. The summed E-state index contributed by atoms with van der Waals surface area (Å²) in [4.78, 5) is 14.4. The topological polar surface area (TPSA) is 78.6 Å². The lowest BCUT2D eigenvalue weighted by molar-refractivity contribution is -0.121. The number of nitrogens with two attached hydrogens (primary N) is 1. The molecule has 1 aromatic rings. The third-order valence-electron chi connectivity index (χ3n) is 3.70. The van der Waals surface area contributed by atoms with E-state index >= 15 is 0 Å². The van der Waals surface area contributed by atoms with Gasteiger partial charge < -0.3 is 10.0 Å². The second kappa shape index (κ2) is 6.47. The van der Waals surface area contributed by atoms with Crippen molar-refractivity contribution in [2.45, 2.75) is 31.3 Å². The lowest BCUT2D eigenvalue weighted by atomic mass is 9.90. The van der Waals surface area contributed by atoms with Gasteiger partial charge in [-0.25, -0.2) is 5.84 Å². The van der Waals surface area contributed by atoms with Crippen molar-refractivity contribution < 1.29 is 9.90 Å². The van der Waals surface area contributed by atoms with E-state index < -0.39 is 5.60 Å². The van der Waals surface area contributed by atoms with Gasteiger partial charge in [-0.15, -0.1) is 11.3 Å². The SMILES string of the molecule is NNC(=O)CCCN1CCC(O)(c2cccs2)CC1. The Morgan fingerprint density at radius 1 is 1.53 bits per heavy atom. The van der Waals surface area contributed by atoms with Crippen LogP contribution in [0.2, 0.25) is 0 Å². The molecular formula is C13H21N3O2S. The number of hydrogen-bond donors (Lipinski definition) is 3. The van der Waals surface area contributed by atoms with Crippen LogP contribution < -0.4 is 11.3 Å². The largest absolute Gasteiger partial charge is 0.384 e. The Balaban J connectivity index is 1.75. The molecule has 1 amide bonds. The van der Waals surface area contributed by atoms with E-state index in [2.05, 4.69) is 10.3 Å². The number of hydrogen-bond acceptors (Lipinski definition) is 5. The van der Waals surface area contributed by atoms with Crippen molar-refractivity contribution in [3.8, 4) is 0 Å². The number of piperidine rings is 1. The minimum Gasteiger partial charge on any atom is -0.384 e. The number of nitrogens with zero attached hydrogens (tertiary/aromatic N) is 1. The van der Waals surface area contributed by atoms with Gasteiger partial charge in [-0.05, 0) is 37.3 Å². The summed E-state index contributed by atoms with van der Waals surface area (Å²) in [7, 11) is 0. The highest BCUT2D eigenvalue weighted by atomic mass is 32.1. The first kappa shape index (κ1) is 14.5. The van der Waals surface area contributed by atoms with Crippen molar-refractivity contribution >= 4 is 17.2 Å². The fourth-order valence-corrected chi connectivity index (χ4v) is 3.36. The Labute approximate surface area is 117 Å². The molecule has 106 valence electrons. The highest BCUT2D eigenvalue weighted by Gasteiger charge is 2.34. The van der Waals surface area contributed by atoms with Crippen LogP contribution in [0, 0.1) is 0 Å². The van der Waals surface area contributed by atoms with Crippen LogP contribution in [-0.4, -0.2) is 35.5 Å². The van der Waals surface area contributed by atoms with Crippen molar-refractivity contribution in [3.63, 3.8) is 0 Å². The molecule has 0 aliphatic carbocycles. The van der Waals surface area contributed by atoms with Crippen LogP contribution in [0.1, 0.15) is 30.6 Å². The van der Waals surface area contributed by atoms with Crippen LogP contribution >= 0.6 is 11.3 Å². The van der Waals surface area contributed by atoms with Gasteiger partial charge in [0.15, 0.2) is 0 Å². The van der Waals surface area contributed by atoms with Crippen LogP contribution in [0.3, 0.4) is 0 Å². The lowest BCUT2D eigenvalue weighted by Crippen LogP contribution is -2.42. The molecule has 0 bridgehead atoms. The average Bonchev–Trinajstić information content (AvgIpc) is 2.96. The summed E-state index contributed by atoms with van der Waals surface area (Å²) in [6.45, 7) is 2.63. The van der Waals surface area contributed by atoms with Crippen LogP contribution in [0.4, 0.5) is 0 Å². The van der Waals surface area contributed by atoms with E-state index in [1.165, 1.54) is 0 Å². The molecule has 2 rings (SSSR count). The predicted molar refractivity (Wildman–Crippen MR) is 75.5 cm³/mol. The summed E-state index contributed by atoms with van der Waals surface area (Å²) in [6, 6.07) is 3.99. The van der Waals surface area contributed by atoms with E-state index in [1.54, 1.807) is 11.3 Å². The number of rotatable bonds is 5. The van der Waals surface area contributed by atoms with E-state index in [-0.39, 0.29) is 5.91 Å². The molecule has 5 nitrogen and oxygen atoms in total. The molecule has 19 heavy (non-hydrogen) atoms. The molecular weight excluding hydrogens is 262 g/mol. The smallest absolute Gasteiger partial charge is 0.233 e. The van der Waals surface area contributed by atoms with E-state index in [9.17, 15) is 9.90 Å². The molecule has 0 unspecified atom stereocenters. The number of aliphatic hydroxyl groups is 1. The Kier molecular flexibility index (Phi) is 4.93. The Bertz CT molecular complexity index is 400. The van der Waals surface area contributed by atoms with Crippen molar-refractivity contribution in [1.82, 2.24) is 10.3 Å². The van der Waals surface area contributed by atoms with Gasteiger partial charge in [0.25, 0.3) is 0 Å². The van der Waals surface area contributed by atoms with Gasteiger partial charge >= 0.3 is 0 Å². The molecule has 1 aromatic heterocycles. The highest BCUT2D eigenvalue weighted by Crippen LogP contribution is 2.35. The maximum Gasteiger partial charge on any atom is 0.233 e. The van der Waals surface area contributed by atoms with Crippen LogP contribution in [0.5, 0.6) is 0 Å². The zero-order valence-electron chi connectivity index (χ0n) is 11.0. The van der Waals surface area contributed by atoms with Gasteiger partial charge in [-0.1, -0.05) is 6.07 Å². The molecule has 0 saturated carbocycles. The molecule has 1 aliphatic rings. The van der Waals surface area contributed by atoms with E-state index in [0.29, 0.717) is 6.42 Å². The first-order chi connectivity index (χ1) is 9.14. The minimum absolute atomic E-state index is 0.118. The maximum absolute atomic E-state index is 11.0. The van der Waals surface area contributed by atoms with Crippen molar-refractivity contribution in [2.75, 3.05) is 19.6 Å². The summed E-state index contributed by atoms with van der Waals surface area (Å²) in [5.41, 5.74) is 1.48. The first-order valence-electron chi connectivity index (χ1n) is 6.62. The van der Waals surface area contributed by atoms with Gasteiger partial charge in [-0.3, -0.25) is 10.2 Å². The lowest BCUT2D eigenvalue weighted by Gasteiger charge is -2.37. The monoisotopic (exact) mass is 283 g/mol. The quantitative estimate of drug-likeness (QED) is 0.424. The van der Waals surface area contributed by atoms with Crippen molar-refractivity contribution in [1.29, 1.82) is 0 Å². The molecule has 2 heterocycles. The number of amides is 1. The highest BCUT2D eigenvalue weighted by molar-refractivity contribution is 7.10. The summed E-state index contributed by atoms with van der Waals surface area (Å²) in [5.74, 6) is 4.92. The summed E-state index contributed by atoms with van der Waals surface area (Å²) in [5, 5.41) is 12.6. The summed E-state index contributed by atoms with van der Waals surface area (Å²) < 4.78 is 0. The van der Waals surface area contributed by atoms with Gasteiger partial charge in [0.1, 0.15) is 5.60 Å². The zero-order chi connectivity index (χ0) is 13.7. The Morgan fingerprint density at radius 2 is 2.26 bits per heavy atom. The fourth-order valence-electron chi connectivity index (χ4n) is 2.47. The maximum atomic E-state index is 11.0. The average molecular weight is 283 g/mol. The molecule has 1 saturated heterocycles. The number of carbonyl (C=O) groups excluding carboxylic acids is 1. The number of carbonyl (C=O) groups is 1.